The second-order valence-electron chi connectivity index (χ2n) is 4.57. The number of rotatable bonds is 3. The highest BCUT2D eigenvalue weighted by Gasteiger charge is 2.45. The molecule has 2 rings (SSSR count). The van der Waals surface area contributed by atoms with Crippen molar-refractivity contribution in [1.29, 1.82) is 0 Å². The molecular formula is C13H12F4O2. The zero-order valence-corrected chi connectivity index (χ0v) is 10.2. The van der Waals surface area contributed by atoms with E-state index in [1.807, 2.05) is 0 Å². The van der Waals surface area contributed by atoms with Gasteiger partial charge in [0, 0.05) is 12.7 Å². The quantitative estimate of drug-likeness (QED) is 0.623. The topological polar surface area (TPSA) is 26.3 Å². The number of ketones is 1. The smallest absolute Gasteiger partial charge is 0.370 e. The fourth-order valence-corrected chi connectivity index (χ4v) is 2.17. The SMILES string of the molecule is COC1(C(=O)c2ccc(F)c(C(F)(F)F)c2)CCC1. The predicted octanol–water partition coefficient (Wildman–Crippen LogP) is 3.60. The van der Waals surface area contributed by atoms with Crippen LogP contribution in [0.4, 0.5) is 17.6 Å². The number of carbonyl (C=O) groups is 1. The summed E-state index contributed by atoms with van der Waals surface area (Å²) >= 11 is 0. The van der Waals surface area contributed by atoms with Gasteiger partial charge >= 0.3 is 6.18 Å². The van der Waals surface area contributed by atoms with Crippen LogP contribution in [0.3, 0.4) is 0 Å². The lowest BCUT2D eigenvalue weighted by Crippen LogP contribution is -2.47. The zero-order valence-electron chi connectivity index (χ0n) is 10.2. The van der Waals surface area contributed by atoms with Crippen molar-refractivity contribution in [3.8, 4) is 0 Å². The lowest BCUT2D eigenvalue weighted by molar-refractivity contribution is -0.140. The highest BCUT2D eigenvalue weighted by atomic mass is 19.4. The minimum absolute atomic E-state index is 0.171. The molecule has 0 spiro atoms. The van der Waals surface area contributed by atoms with Crippen molar-refractivity contribution in [2.45, 2.75) is 31.0 Å². The highest BCUT2D eigenvalue weighted by Crippen LogP contribution is 2.39. The van der Waals surface area contributed by atoms with Crippen LogP contribution < -0.4 is 0 Å². The van der Waals surface area contributed by atoms with E-state index in [-0.39, 0.29) is 5.56 Å². The molecule has 1 aromatic carbocycles. The van der Waals surface area contributed by atoms with Crippen LogP contribution in [0.25, 0.3) is 0 Å². The third-order valence-corrected chi connectivity index (χ3v) is 3.50. The molecule has 1 aliphatic rings. The molecular weight excluding hydrogens is 264 g/mol. The maximum absolute atomic E-state index is 13.1. The van der Waals surface area contributed by atoms with Gasteiger partial charge in [0.1, 0.15) is 11.4 Å². The Hall–Kier alpha value is -1.43. The number of hydrogen-bond acceptors (Lipinski definition) is 2. The Bertz CT molecular complexity index is 498. The second-order valence-corrected chi connectivity index (χ2v) is 4.57. The molecule has 1 fully saturated rings. The molecule has 0 aromatic heterocycles. The van der Waals surface area contributed by atoms with Crippen molar-refractivity contribution in [3.63, 3.8) is 0 Å². The van der Waals surface area contributed by atoms with Crippen LogP contribution in [0, 0.1) is 5.82 Å². The van der Waals surface area contributed by atoms with Crippen LogP contribution >= 0.6 is 0 Å². The summed E-state index contributed by atoms with van der Waals surface area (Å²) in [5.41, 5.74) is -2.64. The summed E-state index contributed by atoms with van der Waals surface area (Å²) in [5.74, 6) is -1.91. The summed E-state index contributed by atoms with van der Waals surface area (Å²) in [7, 11) is 1.35. The van der Waals surface area contributed by atoms with E-state index in [4.69, 9.17) is 4.74 Å². The first-order chi connectivity index (χ1) is 8.80. The molecule has 1 aromatic rings. The van der Waals surface area contributed by atoms with Gasteiger partial charge in [-0.15, -0.1) is 0 Å². The van der Waals surface area contributed by atoms with Crippen molar-refractivity contribution in [1.82, 2.24) is 0 Å². The maximum atomic E-state index is 13.1. The minimum atomic E-state index is -4.82. The molecule has 0 N–H and O–H groups in total. The van der Waals surface area contributed by atoms with Crippen LogP contribution in [0.5, 0.6) is 0 Å². The van der Waals surface area contributed by atoms with E-state index >= 15 is 0 Å². The summed E-state index contributed by atoms with van der Waals surface area (Å²) in [6.07, 6.45) is -3.09. The van der Waals surface area contributed by atoms with E-state index in [0.717, 1.165) is 12.5 Å². The largest absolute Gasteiger partial charge is 0.419 e. The molecule has 0 amide bonds. The first kappa shape index (κ1) is 14.0. The van der Waals surface area contributed by atoms with E-state index in [9.17, 15) is 22.4 Å². The Morgan fingerprint density at radius 3 is 2.37 bits per heavy atom. The lowest BCUT2D eigenvalue weighted by atomic mass is 9.74. The Balaban J connectivity index is 2.39. The first-order valence-electron chi connectivity index (χ1n) is 5.77. The van der Waals surface area contributed by atoms with Gasteiger partial charge in [-0.1, -0.05) is 0 Å². The fourth-order valence-electron chi connectivity index (χ4n) is 2.17. The Morgan fingerprint density at radius 1 is 1.32 bits per heavy atom. The van der Waals surface area contributed by atoms with Crippen LogP contribution in [-0.2, 0) is 10.9 Å². The summed E-state index contributed by atoms with van der Waals surface area (Å²) in [6, 6.07) is 2.28. The van der Waals surface area contributed by atoms with E-state index in [0.29, 0.717) is 25.0 Å². The second kappa shape index (κ2) is 4.59. The van der Waals surface area contributed by atoms with Crippen molar-refractivity contribution in [2.75, 3.05) is 7.11 Å². The number of hydrogen-bond donors (Lipinski definition) is 0. The van der Waals surface area contributed by atoms with Crippen LogP contribution in [-0.4, -0.2) is 18.5 Å². The van der Waals surface area contributed by atoms with Crippen molar-refractivity contribution >= 4 is 5.78 Å². The van der Waals surface area contributed by atoms with Crippen LogP contribution in [0.2, 0.25) is 0 Å². The van der Waals surface area contributed by atoms with Gasteiger partial charge < -0.3 is 4.74 Å². The van der Waals surface area contributed by atoms with Crippen molar-refractivity contribution in [2.24, 2.45) is 0 Å². The molecule has 0 heterocycles. The van der Waals surface area contributed by atoms with Gasteiger partial charge in [-0.05, 0) is 37.5 Å². The van der Waals surface area contributed by atoms with E-state index in [2.05, 4.69) is 0 Å². The molecule has 0 saturated heterocycles. The third kappa shape index (κ3) is 2.36. The number of benzene rings is 1. The monoisotopic (exact) mass is 276 g/mol. The molecule has 0 atom stereocenters. The van der Waals surface area contributed by atoms with Crippen molar-refractivity contribution < 1.29 is 27.1 Å². The Kier molecular flexibility index (Phi) is 3.38. The minimum Gasteiger partial charge on any atom is -0.370 e. The molecule has 0 aliphatic heterocycles. The number of methoxy groups -OCH3 is 1. The van der Waals surface area contributed by atoms with E-state index in [1.165, 1.54) is 7.11 Å². The van der Waals surface area contributed by atoms with Gasteiger partial charge in [0.2, 0.25) is 0 Å². The zero-order chi connectivity index (χ0) is 14.3. The predicted molar refractivity (Wildman–Crippen MR) is 59.3 cm³/mol. The van der Waals surface area contributed by atoms with Gasteiger partial charge in [0.05, 0.1) is 5.56 Å². The molecule has 19 heavy (non-hydrogen) atoms. The molecule has 0 unspecified atom stereocenters. The van der Waals surface area contributed by atoms with Crippen LogP contribution in [0.15, 0.2) is 18.2 Å². The molecule has 104 valence electrons. The van der Waals surface area contributed by atoms with Gasteiger partial charge in [0.25, 0.3) is 0 Å². The van der Waals surface area contributed by atoms with Gasteiger partial charge in [0.15, 0.2) is 5.78 Å². The third-order valence-electron chi connectivity index (χ3n) is 3.50. The average Bonchev–Trinajstić information content (AvgIpc) is 2.27. The summed E-state index contributed by atoms with van der Waals surface area (Å²) < 4.78 is 56.0. The number of halogens is 4. The first-order valence-corrected chi connectivity index (χ1v) is 5.77. The number of carbonyl (C=O) groups excluding carboxylic acids is 1. The van der Waals surface area contributed by atoms with Gasteiger partial charge in [-0.25, -0.2) is 4.39 Å². The fraction of sp³-hybridized carbons (Fsp3) is 0.462. The van der Waals surface area contributed by atoms with Gasteiger partial charge in [-0.2, -0.15) is 13.2 Å². The summed E-state index contributed by atoms with van der Waals surface area (Å²) in [5, 5.41) is 0. The summed E-state index contributed by atoms with van der Waals surface area (Å²) in [6.45, 7) is 0. The Labute approximate surface area is 107 Å². The highest BCUT2D eigenvalue weighted by molar-refractivity contribution is 6.03. The molecule has 1 saturated carbocycles. The molecule has 6 heteroatoms. The van der Waals surface area contributed by atoms with Crippen molar-refractivity contribution in [3.05, 3.63) is 35.1 Å². The molecule has 0 bridgehead atoms. The molecule has 1 aliphatic carbocycles. The number of Topliss-reactive ketones (excluding diaryl/α,β-unsaturated/α-hetero) is 1. The summed E-state index contributed by atoms with van der Waals surface area (Å²) in [4.78, 5) is 12.2. The maximum Gasteiger partial charge on any atom is 0.419 e. The van der Waals surface area contributed by atoms with Crippen LogP contribution in [0.1, 0.15) is 35.2 Å². The number of alkyl halides is 3. The number of ether oxygens (including phenoxy) is 1. The standard InChI is InChI=1S/C13H12F4O2/c1-19-12(5-2-6-12)11(18)8-3-4-10(14)9(7-8)13(15,16)17/h3-4,7H,2,5-6H2,1H3. The van der Waals surface area contributed by atoms with E-state index in [1.54, 1.807) is 0 Å². The van der Waals surface area contributed by atoms with Gasteiger partial charge in [-0.3, -0.25) is 4.79 Å². The normalized spacial score (nSPS) is 17.9. The lowest BCUT2D eigenvalue weighted by Gasteiger charge is -2.38. The Morgan fingerprint density at radius 2 is 1.95 bits per heavy atom. The van der Waals surface area contributed by atoms with E-state index < -0.39 is 28.9 Å². The molecule has 2 nitrogen and oxygen atoms in total. The average molecular weight is 276 g/mol. The molecule has 0 radical (unpaired) electrons.